The van der Waals surface area contributed by atoms with Gasteiger partial charge in [-0.3, -0.25) is 9.59 Å². The van der Waals surface area contributed by atoms with E-state index in [2.05, 4.69) is 15.6 Å². The van der Waals surface area contributed by atoms with E-state index >= 15 is 0 Å². The Balaban J connectivity index is 1.68. The number of amides is 2. The first-order chi connectivity index (χ1) is 13.5. The van der Waals surface area contributed by atoms with Gasteiger partial charge in [0.1, 0.15) is 6.04 Å². The van der Waals surface area contributed by atoms with Gasteiger partial charge in [-0.15, -0.1) is 11.3 Å². The number of thiazole rings is 1. The number of aromatic nitrogens is 2. The van der Waals surface area contributed by atoms with Crippen LogP contribution in [0.5, 0.6) is 0 Å². The number of ether oxygens (including phenoxy) is 1. The van der Waals surface area contributed by atoms with Crippen molar-refractivity contribution in [2.24, 2.45) is 7.05 Å². The van der Waals surface area contributed by atoms with Crippen LogP contribution in [0.2, 0.25) is 0 Å². The fourth-order valence-corrected chi connectivity index (χ4v) is 3.41. The van der Waals surface area contributed by atoms with Crippen molar-refractivity contribution in [2.45, 2.75) is 13.0 Å². The summed E-state index contributed by atoms with van der Waals surface area (Å²) in [7, 11) is 3.30. The third-order valence-corrected chi connectivity index (χ3v) is 4.86. The molecule has 0 aliphatic heterocycles. The van der Waals surface area contributed by atoms with Gasteiger partial charge in [0.25, 0.3) is 11.8 Å². The minimum atomic E-state index is -0.830. The minimum Gasteiger partial charge on any atom is -0.382 e. The lowest BCUT2D eigenvalue weighted by Crippen LogP contribution is -2.46. The first-order valence-electron chi connectivity index (χ1n) is 8.71. The molecule has 28 heavy (non-hydrogen) atoms. The topological polar surface area (TPSA) is 85.2 Å². The van der Waals surface area contributed by atoms with Gasteiger partial charge in [0.05, 0.1) is 17.9 Å². The normalized spacial score (nSPS) is 11.8. The standard InChI is InChI=1S/C20H22N4O3S/c1-13-5-4-6-14(9-13)17-12-28-20(22-17)23-19(26)16(11-27-3)21-18(25)15-7-8-24(2)10-15/h4-10,12,16H,11H2,1-3H3,(H,21,25)(H,22,23,26). The summed E-state index contributed by atoms with van der Waals surface area (Å²) in [4.78, 5) is 29.5. The number of hydrogen-bond acceptors (Lipinski definition) is 5. The van der Waals surface area contributed by atoms with Crippen molar-refractivity contribution < 1.29 is 14.3 Å². The number of rotatable bonds is 7. The summed E-state index contributed by atoms with van der Waals surface area (Å²) in [5, 5.41) is 7.82. The first-order valence-corrected chi connectivity index (χ1v) is 9.59. The molecule has 7 nitrogen and oxygen atoms in total. The largest absolute Gasteiger partial charge is 0.382 e. The van der Waals surface area contributed by atoms with Crippen molar-refractivity contribution in [1.29, 1.82) is 0 Å². The van der Waals surface area contributed by atoms with Crippen molar-refractivity contribution in [2.75, 3.05) is 19.0 Å². The molecule has 0 bridgehead atoms. The number of aryl methyl sites for hydroxylation is 2. The zero-order chi connectivity index (χ0) is 20.1. The molecule has 2 aromatic heterocycles. The lowest BCUT2D eigenvalue weighted by molar-refractivity contribution is -0.119. The molecule has 0 saturated heterocycles. The smallest absolute Gasteiger partial charge is 0.253 e. The summed E-state index contributed by atoms with van der Waals surface area (Å²) in [6.45, 7) is 2.07. The summed E-state index contributed by atoms with van der Waals surface area (Å²) in [5.74, 6) is -0.714. The predicted octanol–water partition coefficient (Wildman–Crippen LogP) is 2.84. The van der Waals surface area contributed by atoms with Gasteiger partial charge in [0, 0.05) is 37.5 Å². The number of carbonyl (C=O) groups excluding carboxylic acids is 2. The Morgan fingerprint density at radius 3 is 2.82 bits per heavy atom. The highest BCUT2D eigenvalue weighted by Gasteiger charge is 2.23. The van der Waals surface area contributed by atoms with E-state index in [1.807, 2.05) is 43.6 Å². The summed E-state index contributed by atoms with van der Waals surface area (Å²) >= 11 is 1.33. The van der Waals surface area contributed by atoms with Gasteiger partial charge in [-0.1, -0.05) is 23.8 Å². The lowest BCUT2D eigenvalue weighted by atomic mass is 10.1. The third-order valence-electron chi connectivity index (χ3n) is 4.10. The zero-order valence-corrected chi connectivity index (χ0v) is 16.7. The number of carbonyl (C=O) groups is 2. The van der Waals surface area contributed by atoms with Crippen molar-refractivity contribution in [3.63, 3.8) is 0 Å². The highest BCUT2D eigenvalue weighted by Crippen LogP contribution is 2.25. The molecule has 146 valence electrons. The second kappa shape index (κ2) is 8.81. The summed E-state index contributed by atoms with van der Waals surface area (Å²) in [5.41, 5.74) is 3.40. The minimum absolute atomic E-state index is 0.0561. The van der Waals surface area contributed by atoms with E-state index < -0.39 is 6.04 Å². The Morgan fingerprint density at radius 2 is 2.14 bits per heavy atom. The van der Waals surface area contributed by atoms with Crippen LogP contribution in [0.15, 0.2) is 48.1 Å². The molecule has 8 heteroatoms. The zero-order valence-electron chi connectivity index (χ0n) is 15.9. The molecule has 3 aromatic rings. The molecule has 0 aliphatic rings. The van der Waals surface area contributed by atoms with Crippen LogP contribution < -0.4 is 10.6 Å². The second-order valence-electron chi connectivity index (χ2n) is 6.44. The number of anilines is 1. The fraction of sp³-hybridized carbons (Fsp3) is 0.250. The van der Waals surface area contributed by atoms with Crippen LogP contribution >= 0.6 is 11.3 Å². The molecule has 2 heterocycles. The van der Waals surface area contributed by atoms with Gasteiger partial charge in [-0.25, -0.2) is 4.98 Å². The molecule has 0 spiro atoms. The Bertz CT molecular complexity index is 979. The third kappa shape index (κ3) is 4.85. The highest BCUT2D eigenvalue weighted by molar-refractivity contribution is 7.14. The quantitative estimate of drug-likeness (QED) is 0.641. The van der Waals surface area contributed by atoms with E-state index in [4.69, 9.17) is 4.74 Å². The maximum atomic E-state index is 12.6. The number of methoxy groups -OCH3 is 1. The molecule has 0 fully saturated rings. The van der Waals surface area contributed by atoms with E-state index in [0.717, 1.165) is 16.8 Å². The molecule has 1 aromatic carbocycles. The Hall–Kier alpha value is -2.97. The Kier molecular flexibility index (Phi) is 6.23. The molecule has 1 unspecified atom stereocenters. The van der Waals surface area contributed by atoms with Gasteiger partial charge in [-0.05, 0) is 19.1 Å². The molecule has 2 N–H and O–H groups in total. The molecule has 0 radical (unpaired) electrons. The van der Waals surface area contributed by atoms with Crippen LogP contribution in [-0.2, 0) is 16.6 Å². The molecule has 1 atom stereocenters. The maximum absolute atomic E-state index is 12.6. The van der Waals surface area contributed by atoms with Gasteiger partial charge in [0.2, 0.25) is 0 Å². The fourth-order valence-electron chi connectivity index (χ4n) is 2.69. The van der Waals surface area contributed by atoms with E-state index in [1.165, 1.54) is 18.4 Å². The van der Waals surface area contributed by atoms with Crippen LogP contribution in [0.4, 0.5) is 5.13 Å². The summed E-state index contributed by atoms with van der Waals surface area (Å²) in [6.07, 6.45) is 3.45. The number of benzene rings is 1. The number of nitrogens with one attached hydrogen (secondary N) is 2. The van der Waals surface area contributed by atoms with Crippen molar-refractivity contribution in [3.05, 3.63) is 59.2 Å². The van der Waals surface area contributed by atoms with E-state index in [9.17, 15) is 9.59 Å². The van der Waals surface area contributed by atoms with Crippen molar-refractivity contribution >= 4 is 28.3 Å². The lowest BCUT2D eigenvalue weighted by Gasteiger charge is -2.16. The molecule has 0 saturated carbocycles. The highest BCUT2D eigenvalue weighted by atomic mass is 32.1. The van der Waals surface area contributed by atoms with Crippen molar-refractivity contribution in [3.8, 4) is 11.3 Å². The molecule has 3 rings (SSSR count). The number of hydrogen-bond donors (Lipinski definition) is 2. The van der Waals surface area contributed by atoms with Crippen molar-refractivity contribution in [1.82, 2.24) is 14.9 Å². The van der Waals surface area contributed by atoms with Gasteiger partial charge in [0.15, 0.2) is 5.13 Å². The van der Waals surface area contributed by atoms with Crippen LogP contribution in [0.3, 0.4) is 0 Å². The molecular formula is C20H22N4O3S. The van der Waals surface area contributed by atoms with E-state index in [1.54, 1.807) is 23.0 Å². The molecule has 0 aliphatic carbocycles. The average molecular weight is 398 g/mol. The number of nitrogens with zero attached hydrogens (tertiary/aromatic N) is 2. The van der Waals surface area contributed by atoms with Gasteiger partial charge in [-0.2, -0.15) is 0 Å². The average Bonchev–Trinajstić information content (AvgIpc) is 3.30. The van der Waals surface area contributed by atoms with E-state index in [0.29, 0.717) is 10.7 Å². The second-order valence-corrected chi connectivity index (χ2v) is 7.30. The predicted molar refractivity (Wildman–Crippen MR) is 109 cm³/mol. The molecule has 2 amide bonds. The maximum Gasteiger partial charge on any atom is 0.253 e. The van der Waals surface area contributed by atoms with Crippen LogP contribution in [0.25, 0.3) is 11.3 Å². The monoisotopic (exact) mass is 398 g/mol. The molecular weight excluding hydrogens is 376 g/mol. The summed E-state index contributed by atoms with van der Waals surface area (Å²) in [6, 6.07) is 8.85. The van der Waals surface area contributed by atoms with Gasteiger partial charge < -0.3 is 19.9 Å². The van der Waals surface area contributed by atoms with Gasteiger partial charge >= 0.3 is 0 Å². The Labute approximate surface area is 167 Å². The van der Waals surface area contributed by atoms with Crippen LogP contribution in [0.1, 0.15) is 15.9 Å². The Morgan fingerprint density at radius 1 is 1.32 bits per heavy atom. The van der Waals surface area contributed by atoms with E-state index in [-0.39, 0.29) is 18.4 Å². The first kappa shape index (κ1) is 19.8. The SMILES string of the molecule is COCC(NC(=O)c1ccn(C)c1)C(=O)Nc1nc(-c2cccc(C)c2)cs1. The van der Waals surface area contributed by atoms with Crippen LogP contribution in [0, 0.1) is 6.92 Å². The summed E-state index contributed by atoms with van der Waals surface area (Å²) < 4.78 is 6.86. The van der Waals surface area contributed by atoms with Crippen LogP contribution in [-0.4, -0.2) is 41.1 Å².